The van der Waals surface area contributed by atoms with Gasteiger partial charge in [0.25, 0.3) is 0 Å². The molecule has 3 aromatic rings. The predicted molar refractivity (Wildman–Crippen MR) is 108 cm³/mol. The van der Waals surface area contributed by atoms with E-state index in [-0.39, 0.29) is 11.1 Å². The SMILES string of the molecule is COc1ccc(Cc2cc(C(=O)CBr)nn2-c2ccc(Cl)cc2Cl)cc1. The average Bonchev–Trinajstić information content (AvgIpc) is 3.05. The number of ketones is 1. The molecule has 0 saturated carbocycles. The molecule has 0 aliphatic heterocycles. The van der Waals surface area contributed by atoms with Gasteiger partial charge < -0.3 is 4.74 Å². The van der Waals surface area contributed by atoms with Crippen molar-refractivity contribution < 1.29 is 9.53 Å². The number of carbonyl (C=O) groups excluding carboxylic acids is 1. The van der Waals surface area contributed by atoms with Gasteiger partial charge in [0.05, 0.1) is 23.1 Å². The maximum Gasteiger partial charge on any atom is 0.193 e. The number of benzene rings is 2. The van der Waals surface area contributed by atoms with Crippen LogP contribution in [0.15, 0.2) is 48.5 Å². The molecule has 0 aliphatic carbocycles. The Bertz CT molecular complexity index is 939. The molecule has 0 amide bonds. The zero-order valence-corrected chi connectivity index (χ0v) is 17.0. The first-order chi connectivity index (χ1) is 12.5. The Balaban J connectivity index is 2.04. The van der Waals surface area contributed by atoms with Gasteiger partial charge >= 0.3 is 0 Å². The number of rotatable bonds is 6. The fourth-order valence-electron chi connectivity index (χ4n) is 2.56. The summed E-state index contributed by atoms with van der Waals surface area (Å²) in [5.74, 6) is 0.697. The summed E-state index contributed by atoms with van der Waals surface area (Å²) in [5.41, 5.74) is 2.98. The molecule has 0 fully saturated rings. The highest BCUT2D eigenvalue weighted by atomic mass is 79.9. The number of halogens is 3. The maximum atomic E-state index is 12.1. The highest BCUT2D eigenvalue weighted by Gasteiger charge is 2.17. The molecule has 4 nitrogen and oxygen atoms in total. The van der Waals surface area contributed by atoms with E-state index >= 15 is 0 Å². The average molecular weight is 454 g/mol. The molecule has 0 radical (unpaired) electrons. The first-order valence-corrected chi connectivity index (χ1v) is 9.66. The normalized spacial score (nSPS) is 10.8. The Labute approximate surface area is 169 Å². The Hall–Kier alpha value is -1.82. The Morgan fingerprint density at radius 3 is 2.50 bits per heavy atom. The molecule has 2 aromatic carbocycles. The molecule has 134 valence electrons. The van der Waals surface area contributed by atoms with E-state index in [2.05, 4.69) is 21.0 Å². The quantitative estimate of drug-likeness (QED) is 0.373. The van der Waals surface area contributed by atoms with Crippen molar-refractivity contribution in [2.24, 2.45) is 0 Å². The van der Waals surface area contributed by atoms with Gasteiger partial charge in [0, 0.05) is 17.1 Å². The Morgan fingerprint density at radius 2 is 1.88 bits per heavy atom. The van der Waals surface area contributed by atoms with Crippen LogP contribution in [0.25, 0.3) is 5.69 Å². The number of hydrogen-bond acceptors (Lipinski definition) is 3. The van der Waals surface area contributed by atoms with Crippen LogP contribution in [0.5, 0.6) is 5.75 Å². The lowest BCUT2D eigenvalue weighted by Gasteiger charge is -2.10. The molecule has 0 spiro atoms. The van der Waals surface area contributed by atoms with Crippen molar-refractivity contribution in [3.63, 3.8) is 0 Å². The van der Waals surface area contributed by atoms with Gasteiger partial charge in [0.15, 0.2) is 5.78 Å². The second-order valence-corrected chi connectivity index (χ2v) is 7.01. The molecule has 0 aliphatic rings. The van der Waals surface area contributed by atoms with Crippen LogP contribution in [-0.4, -0.2) is 28.0 Å². The van der Waals surface area contributed by atoms with Crippen LogP contribution in [0.1, 0.15) is 21.7 Å². The van der Waals surface area contributed by atoms with Gasteiger partial charge in [-0.05, 0) is 42.0 Å². The zero-order chi connectivity index (χ0) is 18.7. The van der Waals surface area contributed by atoms with Crippen LogP contribution in [0.4, 0.5) is 0 Å². The molecular formula is C19H15BrCl2N2O2. The molecule has 0 atom stereocenters. The monoisotopic (exact) mass is 452 g/mol. The number of aromatic nitrogens is 2. The van der Waals surface area contributed by atoms with Gasteiger partial charge in [0.1, 0.15) is 11.4 Å². The van der Waals surface area contributed by atoms with Crippen LogP contribution in [-0.2, 0) is 6.42 Å². The van der Waals surface area contributed by atoms with Crippen LogP contribution in [0.2, 0.25) is 10.0 Å². The molecule has 1 heterocycles. The smallest absolute Gasteiger partial charge is 0.193 e. The number of ether oxygens (including phenoxy) is 1. The standard InChI is InChI=1S/C19H15BrCl2N2O2/c1-26-15-5-2-12(3-6-15)8-14-10-17(19(25)11-20)23-24(14)18-7-4-13(21)9-16(18)22/h2-7,9-10H,8,11H2,1H3. The number of carbonyl (C=O) groups is 1. The van der Waals surface area contributed by atoms with Gasteiger partial charge in [-0.15, -0.1) is 0 Å². The number of alkyl halides is 1. The third-order valence-electron chi connectivity index (χ3n) is 3.87. The lowest BCUT2D eigenvalue weighted by Crippen LogP contribution is -2.06. The molecule has 3 rings (SSSR count). The minimum atomic E-state index is -0.0928. The molecule has 0 bridgehead atoms. The Kier molecular flexibility index (Phi) is 6.01. The van der Waals surface area contributed by atoms with E-state index in [1.54, 1.807) is 36.1 Å². The van der Waals surface area contributed by atoms with Crippen molar-refractivity contribution in [2.45, 2.75) is 6.42 Å². The number of methoxy groups -OCH3 is 1. The van der Waals surface area contributed by atoms with Crippen molar-refractivity contribution in [3.05, 3.63) is 75.5 Å². The fraction of sp³-hybridized carbons (Fsp3) is 0.158. The van der Waals surface area contributed by atoms with Crippen LogP contribution in [0, 0.1) is 0 Å². The second kappa shape index (κ2) is 8.25. The molecule has 1 aromatic heterocycles. The topological polar surface area (TPSA) is 44.1 Å². The molecule has 7 heteroatoms. The molecule has 26 heavy (non-hydrogen) atoms. The highest BCUT2D eigenvalue weighted by Crippen LogP contribution is 2.27. The highest BCUT2D eigenvalue weighted by molar-refractivity contribution is 9.09. The summed E-state index contributed by atoms with van der Waals surface area (Å²) >= 11 is 15.5. The van der Waals surface area contributed by atoms with Gasteiger partial charge in [-0.25, -0.2) is 4.68 Å². The number of Topliss-reactive ketones (excluding diaryl/α,β-unsaturated/α-hetero) is 1. The van der Waals surface area contributed by atoms with Crippen molar-refractivity contribution in [3.8, 4) is 11.4 Å². The first-order valence-electron chi connectivity index (χ1n) is 7.78. The number of hydrogen-bond donors (Lipinski definition) is 0. The largest absolute Gasteiger partial charge is 0.497 e. The van der Waals surface area contributed by atoms with Crippen molar-refractivity contribution >= 4 is 44.9 Å². The summed E-state index contributed by atoms with van der Waals surface area (Å²) in [6.45, 7) is 0. The summed E-state index contributed by atoms with van der Waals surface area (Å²) in [4.78, 5) is 12.1. The summed E-state index contributed by atoms with van der Waals surface area (Å²) in [5, 5.41) is 5.67. The third-order valence-corrected chi connectivity index (χ3v) is 4.92. The van der Waals surface area contributed by atoms with Gasteiger partial charge in [-0.1, -0.05) is 51.3 Å². The van der Waals surface area contributed by atoms with Crippen molar-refractivity contribution in [1.82, 2.24) is 9.78 Å². The first kappa shape index (κ1) is 19.0. The zero-order valence-electron chi connectivity index (χ0n) is 13.9. The van der Waals surface area contributed by atoms with Gasteiger partial charge in [0.2, 0.25) is 0 Å². The van der Waals surface area contributed by atoms with E-state index in [9.17, 15) is 4.79 Å². The summed E-state index contributed by atoms with van der Waals surface area (Å²) in [6.07, 6.45) is 0.589. The molecular weight excluding hydrogens is 439 g/mol. The van der Waals surface area contributed by atoms with Crippen molar-refractivity contribution in [2.75, 3.05) is 12.4 Å². The van der Waals surface area contributed by atoms with Gasteiger partial charge in [-0.2, -0.15) is 5.10 Å². The molecule has 0 saturated heterocycles. The van der Waals surface area contributed by atoms with Crippen LogP contribution in [0.3, 0.4) is 0 Å². The number of nitrogens with zero attached hydrogens (tertiary/aromatic N) is 2. The summed E-state index contributed by atoms with van der Waals surface area (Å²) in [7, 11) is 1.63. The lowest BCUT2D eigenvalue weighted by molar-refractivity contribution is 0.101. The minimum Gasteiger partial charge on any atom is -0.497 e. The van der Waals surface area contributed by atoms with E-state index in [4.69, 9.17) is 27.9 Å². The maximum absolute atomic E-state index is 12.1. The van der Waals surface area contributed by atoms with Crippen LogP contribution >= 0.6 is 39.1 Å². The van der Waals surface area contributed by atoms with E-state index < -0.39 is 0 Å². The third kappa shape index (κ3) is 4.11. The molecule has 0 N–H and O–H groups in total. The molecule has 0 unspecified atom stereocenters. The van der Waals surface area contributed by atoms with E-state index in [0.717, 1.165) is 17.0 Å². The van der Waals surface area contributed by atoms with E-state index in [1.807, 2.05) is 24.3 Å². The summed E-state index contributed by atoms with van der Waals surface area (Å²) in [6, 6.07) is 14.7. The second-order valence-electron chi connectivity index (χ2n) is 5.61. The predicted octanol–water partition coefficient (Wildman–Crippen LogP) is 5.36. The van der Waals surface area contributed by atoms with Crippen molar-refractivity contribution in [1.29, 1.82) is 0 Å². The minimum absolute atomic E-state index is 0.0928. The van der Waals surface area contributed by atoms with Crippen LogP contribution < -0.4 is 4.74 Å². The van der Waals surface area contributed by atoms with Gasteiger partial charge in [-0.3, -0.25) is 4.79 Å². The summed E-state index contributed by atoms with van der Waals surface area (Å²) < 4.78 is 6.89. The van der Waals surface area contributed by atoms with E-state index in [1.165, 1.54) is 0 Å². The lowest BCUT2D eigenvalue weighted by atomic mass is 10.1. The fourth-order valence-corrected chi connectivity index (χ4v) is 3.34. The van der Waals surface area contributed by atoms with E-state index in [0.29, 0.717) is 27.8 Å². The Morgan fingerprint density at radius 1 is 1.15 bits per heavy atom.